The summed E-state index contributed by atoms with van der Waals surface area (Å²) in [5, 5.41) is 8.34. The minimum Gasteiger partial charge on any atom is -0.481 e. The molecule has 0 fully saturated rings. The number of aliphatic carboxylic acids is 1. The molecular weight excluding hydrogens is 196 g/mol. The molecule has 0 aliphatic rings. The molecule has 1 aromatic rings. The number of carboxylic acid groups (broad SMARTS) is 1. The molecule has 1 rings (SSSR count). The lowest BCUT2D eigenvalue weighted by molar-refractivity contribution is -0.137. The molecule has 4 nitrogen and oxygen atoms in total. The Labute approximate surface area is 78.2 Å². The number of carbonyl (C=O) groups is 1. The van der Waals surface area contributed by atoms with E-state index >= 15 is 0 Å². The molecule has 0 bridgehead atoms. The van der Waals surface area contributed by atoms with Crippen LogP contribution in [0.3, 0.4) is 0 Å². The number of nitrogens with zero attached hydrogens (tertiary/aromatic N) is 2. The van der Waals surface area contributed by atoms with E-state index < -0.39 is 5.97 Å². The highest BCUT2D eigenvalue weighted by molar-refractivity contribution is 8.00. The quantitative estimate of drug-likeness (QED) is 0.581. The maximum atomic E-state index is 10.1. The highest BCUT2D eigenvalue weighted by Gasteiger charge is 1.99. The monoisotopic (exact) mass is 204 g/mol. The van der Waals surface area contributed by atoms with Crippen molar-refractivity contribution in [2.75, 3.05) is 5.75 Å². The lowest BCUT2D eigenvalue weighted by Crippen LogP contribution is -1.94. The molecule has 0 amide bonds. The molecule has 1 heterocycles. The predicted octanol–water partition coefficient (Wildman–Crippen LogP) is 1.50. The van der Waals surface area contributed by atoms with Crippen molar-refractivity contribution in [3.05, 3.63) is 6.33 Å². The minimum atomic E-state index is -0.743. The second kappa shape index (κ2) is 5.10. The normalized spacial score (nSPS) is 10.0. The second-order valence-electron chi connectivity index (χ2n) is 2.05. The van der Waals surface area contributed by atoms with Crippen LogP contribution in [-0.2, 0) is 4.79 Å². The van der Waals surface area contributed by atoms with Gasteiger partial charge in [0, 0.05) is 12.2 Å². The van der Waals surface area contributed by atoms with Crippen LogP contribution in [0, 0.1) is 0 Å². The van der Waals surface area contributed by atoms with E-state index in [0.29, 0.717) is 6.42 Å². The van der Waals surface area contributed by atoms with Gasteiger partial charge in [0.2, 0.25) is 0 Å². The molecule has 1 aromatic heterocycles. The Morgan fingerprint density at radius 1 is 1.75 bits per heavy atom. The summed E-state index contributed by atoms with van der Waals surface area (Å²) < 4.78 is 4.73. The van der Waals surface area contributed by atoms with E-state index in [1.54, 1.807) is 11.8 Å². The zero-order valence-electron chi connectivity index (χ0n) is 6.27. The highest BCUT2D eigenvalue weighted by Crippen LogP contribution is 2.19. The second-order valence-corrected chi connectivity index (χ2v) is 4.18. The first-order valence-corrected chi connectivity index (χ1v) is 5.16. The number of hydrogen-bond acceptors (Lipinski definition) is 5. The van der Waals surface area contributed by atoms with E-state index in [4.69, 9.17) is 5.11 Å². The molecule has 0 aliphatic carbocycles. The molecule has 0 saturated carbocycles. The van der Waals surface area contributed by atoms with E-state index in [9.17, 15) is 4.79 Å². The molecule has 0 unspecified atom stereocenters. The van der Waals surface area contributed by atoms with Crippen LogP contribution in [0.4, 0.5) is 0 Å². The third kappa shape index (κ3) is 3.68. The Morgan fingerprint density at radius 2 is 2.58 bits per heavy atom. The Morgan fingerprint density at radius 3 is 3.17 bits per heavy atom. The largest absolute Gasteiger partial charge is 0.481 e. The van der Waals surface area contributed by atoms with Crippen molar-refractivity contribution in [3.63, 3.8) is 0 Å². The van der Waals surface area contributed by atoms with Gasteiger partial charge < -0.3 is 5.11 Å². The first-order valence-electron chi connectivity index (χ1n) is 3.40. The summed E-state index contributed by atoms with van der Waals surface area (Å²) in [6.07, 6.45) is 2.41. The van der Waals surface area contributed by atoms with Gasteiger partial charge >= 0.3 is 5.97 Å². The van der Waals surface area contributed by atoms with Gasteiger partial charge in [-0.3, -0.25) is 4.79 Å². The molecule has 0 atom stereocenters. The van der Waals surface area contributed by atoms with Gasteiger partial charge in [-0.2, -0.15) is 4.37 Å². The molecule has 0 aliphatic heterocycles. The third-order valence-corrected chi connectivity index (χ3v) is 2.99. The van der Waals surface area contributed by atoms with E-state index in [1.165, 1.54) is 17.9 Å². The Hall–Kier alpha value is -0.620. The van der Waals surface area contributed by atoms with E-state index in [-0.39, 0.29) is 6.42 Å². The lowest BCUT2D eigenvalue weighted by Gasteiger charge is -1.93. The van der Waals surface area contributed by atoms with Crippen molar-refractivity contribution < 1.29 is 9.90 Å². The number of thioether (sulfide) groups is 1. The summed E-state index contributed by atoms with van der Waals surface area (Å²) in [4.78, 5) is 14.1. The molecule has 0 saturated heterocycles. The van der Waals surface area contributed by atoms with E-state index in [0.717, 1.165) is 10.1 Å². The molecular formula is C6H8N2O2S2. The van der Waals surface area contributed by atoms with Crippen LogP contribution in [0.5, 0.6) is 0 Å². The van der Waals surface area contributed by atoms with Gasteiger partial charge in [-0.25, -0.2) is 4.98 Å². The maximum absolute atomic E-state index is 10.1. The number of rotatable bonds is 5. The van der Waals surface area contributed by atoms with Crippen molar-refractivity contribution in [3.8, 4) is 0 Å². The predicted molar refractivity (Wildman–Crippen MR) is 47.5 cm³/mol. The average molecular weight is 204 g/mol. The lowest BCUT2D eigenvalue weighted by atomic mass is 10.3. The average Bonchev–Trinajstić information content (AvgIpc) is 2.49. The van der Waals surface area contributed by atoms with Crippen LogP contribution in [0.1, 0.15) is 12.8 Å². The Kier molecular flexibility index (Phi) is 4.02. The van der Waals surface area contributed by atoms with Crippen molar-refractivity contribution in [1.82, 2.24) is 9.36 Å². The van der Waals surface area contributed by atoms with Crippen molar-refractivity contribution in [1.29, 1.82) is 0 Å². The molecule has 6 heteroatoms. The summed E-state index contributed by atoms with van der Waals surface area (Å²) >= 11 is 2.89. The van der Waals surface area contributed by atoms with Crippen LogP contribution in [0.15, 0.2) is 10.7 Å². The van der Waals surface area contributed by atoms with Crippen LogP contribution in [0.25, 0.3) is 0 Å². The number of hydrogen-bond donors (Lipinski definition) is 1. The molecule has 0 radical (unpaired) electrons. The van der Waals surface area contributed by atoms with Gasteiger partial charge in [-0.15, -0.1) is 0 Å². The molecule has 66 valence electrons. The first-order chi connectivity index (χ1) is 5.79. The number of aromatic nitrogens is 2. The molecule has 0 aromatic carbocycles. The van der Waals surface area contributed by atoms with Gasteiger partial charge in [-0.1, -0.05) is 11.8 Å². The van der Waals surface area contributed by atoms with E-state index in [1.807, 2.05) is 0 Å². The maximum Gasteiger partial charge on any atom is 0.303 e. The van der Waals surface area contributed by atoms with Crippen molar-refractivity contribution >= 4 is 29.3 Å². The Balaban J connectivity index is 2.07. The minimum absolute atomic E-state index is 0.228. The van der Waals surface area contributed by atoms with Crippen molar-refractivity contribution in [2.24, 2.45) is 0 Å². The fourth-order valence-corrected chi connectivity index (χ4v) is 2.06. The fourth-order valence-electron chi connectivity index (χ4n) is 0.609. The van der Waals surface area contributed by atoms with Crippen LogP contribution in [-0.4, -0.2) is 26.2 Å². The number of carboxylic acids is 1. The van der Waals surface area contributed by atoms with Gasteiger partial charge in [-0.05, 0) is 18.0 Å². The summed E-state index contributed by atoms with van der Waals surface area (Å²) in [6, 6.07) is 0. The zero-order valence-corrected chi connectivity index (χ0v) is 7.90. The standard InChI is InChI=1S/C6H8N2O2S2/c9-5(10)2-1-3-11-6-7-4-8-12-6/h4H,1-3H2,(H,9,10). The Bertz CT molecular complexity index is 238. The van der Waals surface area contributed by atoms with Gasteiger partial charge in [0.15, 0.2) is 4.34 Å². The molecule has 1 N–H and O–H groups in total. The van der Waals surface area contributed by atoms with Crippen LogP contribution in [0.2, 0.25) is 0 Å². The highest BCUT2D eigenvalue weighted by atomic mass is 32.2. The first kappa shape index (κ1) is 9.47. The summed E-state index contributed by atoms with van der Waals surface area (Å²) in [6.45, 7) is 0. The van der Waals surface area contributed by atoms with Gasteiger partial charge in [0.1, 0.15) is 6.33 Å². The molecule has 12 heavy (non-hydrogen) atoms. The summed E-state index contributed by atoms with van der Waals surface area (Å²) in [5.74, 6) is 0.0504. The van der Waals surface area contributed by atoms with Gasteiger partial charge in [0.05, 0.1) is 0 Å². The SMILES string of the molecule is O=C(O)CCCSc1ncns1. The van der Waals surface area contributed by atoms with E-state index in [2.05, 4.69) is 9.36 Å². The topological polar surface area (TPSA) is 63.1 Å². The summed E-state index contributed by atoms with van der Waals surface area (Å²) in [7, 11) is 0. The molecule has 0 spiro atoms. The fraction of sp³-hybridized carbons (Fsp3) is 0.500. The van der Waals surface area contributed by atoms with Crippen molar-refractivity contribution in [2.45, 2.75) is 17.2 Å². The third-order valence-electron chi connectivity index (χ3n) is 1.10. The zero-order chi connectivity index (χ0) is 8.81. The van der Waals surface area contributed by atoms with Gasteiger partial charge in [0.25, 0.3) is 0 Å². The smallest absolute Gasteiger partial charge is 0.303 e. The summed E-state index contributed by atoms with van der Waals surface area (Å²) in [5.41, 5.74) is 0. The van der Waals surface area contributed by atoms with Crippen LogP contribution >= 0.6 is 23.3 Å². The van der Waals surface area contributed by atoms with Crippen LogP contribution < -0.4 is 0 Å².